The van der Waals surface area contributed by atoms with Crippen molar-refractivity contribution in [2.45, 2.75) is 40.2 Å². The van der Waals surface area contributed by atoms with Crippen LogP contribution in [0.15, 0.2) is 27.2 Å². The summed E-state index contributed by atoms with van der Waals surface area (Å²) in [5, 5.41) is 7.90. The summed E-state index contributed by atoms with van der Waals surface area (Å²) in [6.45, 7) is 6.86. The van der Waals surface area contributed by atoms with Crippen LogP contribution >= 0.6 is 0 Å². The summed E-state index contributed by atoms with van der Waals surface area (Å²) in [4.78, 5) is 4.33. The lowest BCUT2D eigenvalue weighted by molar-refractivity contribution is 0.151. The van der Waals surface area contributed by atoms with Crippen molar-refractivity contribution in [2.24, 2.45) is 0 Å². The monoisotopic (exact) mass is 357 g/mol. The van der Waals surface area contributed by atoms with E-state index in [0.717, 1.165) is 46.7 Å². The molecule has 0 radical (unpaired) electrons. The van der Waals surface area contributed by atoms with E-state index in [1.54, 1.807) is 7.11 Å². The summed E-state index contributed by atoms with van der Waals surface area (Å²) < 4.78 is 21.4. The fraction of sp³-hybridized carbons (Fsp3) is 0.421. The van der Waals surface area contributed by atoms with Crippen LogP contribution in [0.25, 0.3) is 11.4 Å². The quantitative estimate of drug-likeness (QED) is 0.567. The maximum atomic E-state index is 5.98. The number of aryl methyl sites for hydroxylation is 4. The second-order valence-electron chi connectivity index (χ2n) is 6.27. The molecule has 26 heavy (non-hydrogen) atoms. The third-order valence-corrected chi connectivity index (χ3v) is 3.95. The van der Waals surface area contributed by atoms with E-state index < -0.39 is 0 Å². The second-order valence-corrected chi connectivity index (χ2v) is 6.27. The molecule has 0 N–H and O–H groups in total. The van der Waals surface area contributed by atoms with Crippen LogP contribution in [0.1, 0.15) is 34.9 Å². The summed E-state index contributed by atoms with van der Waals surface area (Å²) in [7, 11) is 1.59. The van der Waals surface area contributed by atoms with Crippen LogP contribution in [0.2, 0.25) is 0 Å². The zero-order valence-electron chi connectivity index (χ0n) is 15.5. The Morgan fingerprint density at radius 1 is 1.00 bits per heavy atom. The number of aromatic nitrogens is 3. The first-order chi connectivity index (χ1) is 12.6. The number of rotatable bonds is 8. The average Bonchev–Trinajstić information content (AvgIpc) is 3.23. The lowest BCUT2D eigenvalue weighted by Gasteiger charge is -2.13. The van der Waals surface area contributed by atoms with Crippen molar-refractivity contribution in [3.05, 3.63) is 46.7 Å². The van der Waals surface area contributed by atoms with Crippen molar-refractivity contribution in [3.63, 3.8) is 0 Å². The largest absolute Gasteiger partial charge is 0.493 e. The first-order valence-corrected chi connectivity index (χ1v) is 8.55. The molecule has 138 valence electrons. The molecule has 3 aromatic rings. The zero-order chi connectivity index (χ0) is 18.5. The van der Waals surface area contributed by atoms with Gasteiger partial charge in [-0.25, -0.2) is 0 Å². The summed E-state index contributed by atoms with van der Waals surface area (Å²) >= 11 is 0. The highest BCUT2D eigenvalue weighted by atomic mass is 16.5. The van der Waals surface area contributed by atoms with E-state index in [1.807, 2.05) is 39.0 Å². The molecule has 0 fully saturated rings. The molecule has 0 saturated carbocycles. The van der Waals surface area contributed by atoms with Gasteiger partial charge in [0.25, 0.3) is 5.89 Å². The minimum absolute atomic E-state index is 0.302. The normalized spacial score (nSPS) is 11.1. The van der Waals surface area contributed by atoms with Gasteiger partial charge in [0.15, 0.2) is 0 Å². The minimum atomic E-state index is 0.302. The van der Waals surface area contributed by atoms with Gasteiger partial charge >= 0.3 is 0 Å². The van der Waals surface area contributed by atoms with Gasteiger partial charge in [-0.3, -0.25) is 0 Å². The third-order valence-electron chi connectivity index (χ3n) is 3.95. The Labute approximate surface area is 152 Å². The van der Waals surface area contributed by atoms with Crippen molar-refractivity contribution in [3.8, 4) is 17.1 Å². The van der Waals surface area contributed by atoms with Crippen LogP contribution in [0.4, 0.5) is 0 Å². The smallest absolute Gasteiger partial charge is 0.252 e. The van der Waals surface area contributed by atoms with Gasteiger partial charge in [0.1, 0.15) is 18.1 Å². The predicted molar refractivity (Wildman–Crippen MR) is 95.0 cm³/mol. The van der Waals surface area contributed by atoms with E-state index in [2.05, 4.69) is 15.3 Å². The van der Waals surface area contributed by atoms with Gasteiger partial charge < -0.3 is 18.5 Å². The standard InChI is InChI=1S/C19H23N3O4/c1-12-8-15(19-20-17(11-23-4)26-22-19)9-13(2)18(12)24-7-5-6-16-10-14(3)21-25-16/h8-10H,5-7,11H2,1-4H3. The number of ether oxygens (including phenoxy) is 2. The van der Waals surface area contributed by atoms with Crippen LogP contribution in [0.3, 0.4) is 0 Å². The van der Waals surface area contributed by atoms with E-state index in [-0.39, 0.29) is 0 Å². The molecule has 0 atom stereocenters. The van der Waals surface area contributed by atoms with Gasteiger partial charge in [-0.05, 0) is 50.5 Å². The Kier molecular flexibility index (Phi) is 5.68. The fourth-order valence-corrected chi connectivity index (χ4v) is 2.82. The molecule has 0 spiro atoms. The van der Waals surface area contributed by atoms with Crippen molar-refractivity contribution < 1.29 is 18.5 Å². The molecule has 0 aliphatic carbocycles. The van der Waals surface area contributed by atoms with Crippen LogP contribution < -0.4 is 4.74 Å². The second kappa shape index (κ2) is 8.14. The van der Waals surface area contributed by atoms with E-state index >= 15 is 0 Å². The molecule has 7 nitrogen and oxygen atoms in total. The topological polar surface area (TPSA) is 83.4 Å². The molecule has 0 aliphatic rings. The van der Waals surface area contributed by atoms with E-state index in [1.165, 1.54) is 0 Å². The number of methoxy groups -OCH3 is 1. The summed E-state index contributed by atoms with van der Waals surface area (Å²) in [5.74, 6) is 2.79. The molecule has 2 aromatic heterocycles. The molecule has 0 aliphatic heterocycles. The van der Waals surface area contributed by atoms with Gasteiger partial charge in [-0.1, -0.05) is 10.3 Å². The molecule has 3 rings (SSSR count). The molecule has 0 unspecified atom stereocenters. The summed E-state index contributed by atoms with van der Waals surface area (Å²) in [6, 6.07) is 5.96. The molecule has 1 aromatic carbocycles. The SMILES string of the molecule is COCc1nc(-c2cc(C)c(OCCCc3cc(C)no3)c(C)c2)no1. The van der Waals surface area contributed by atoms with E-state index in [0.29, 0.717) is 24.9 Å². The average molecular weight is 357 g/mol. The van der Waals surface area contributed by atoms with Crippen molar-refractivity contribution >= 4 is 0 Å². The maximum absolute atomic E-state index is 5.98. The molecule has 0 bridgehead atoms. The number of nitrogens with zero attached hydrogens (tertiary/aromatic N) is 3. The predicted octanol–water partition coefficient (Wildman–Crippen LogP) is 3.81. The highest BCUT2D eigenvalue weighted by Gasteiger charge is 2.13. The van der Waals surface area contributed by atoms with Gasteiger partial charge in [0, 0.05) is 25.2 Å². The molecule has 0 amide bonds. The Morgan fingerprint density at radius 2 is 1.77 bits per heavy atom. The van der Waals surface area contributed by atoms with Gasteiger partial charge in [-0.2, -0.15) is 4.98 Å². The molecular formula is C19H23N3O4. The lowest BCUT2D eigenvalue weighted by Crippen LogP contribution is -2.02. The van der Waals surface area contributed by atoms with E-state index in [9.17, 15) is 0 Å². The number of hydrogen-bond acceptors (Lipinski definition) is 7. The summed E-state index contributed by atoms with van der Waals surface area (Å²) in [5.41, 5.74) is 3.87. The van der Waals surface area contributed by atoms with Crippen molar-refractivity contribution in [1.82, 2.24) is 15.3 Å². The highest BCUT2D eigenvalue weighted by molar-refractivity contribution is 5.60. The van der Waals surface area contributed by atoms with Gasteiger partial charge in [0.2, 0.25) is 5.82 Å². The van der Waals surface area contributed by atoms with Crippen molar-refractivity contribution in [1.29, 1.82) is 0 Å². The molecular weight excluding hydrogens is 334 g/mol. The first kappa shape index (κ1) is 18.1. The zero-order valence-corrected chi connectivity index (χ0v) is 15.5. The first-order valence-electron chi connectivity index (χ1n) is 8.55. The maximum Gasteiger partial charge on any atom is 0.252 e. The number of hydrogen-bond donors (Lipinski definition) is 0. The van der Waals surface area contributed by atoms with Crippen LogP contribution in [0.5, 0.6) is 5.75 Å². The Bertz CT molecular complexity index is 846. The van der Waals surface area contributed by atoms with Crippen LogP contribution in [0, 0.1) is 20.8 Å². The van der Waals surface area contributed by atoms with Gasteiger partial charge in [0.05, 0.1) is 12.3 Å². The van der Waals surface area contributed by atoms with Crippen molar-refractivity contribution in [2.75, 3.05) is 13.7 Å². The Morgan fingerprint density at radius 3 is 2.42 bits per heavy atom. The highest BCUT2D eigenvalue weighted by Crippen LogP contribution is 2.29. The number of benzene rings is 1. The Hall–Kier alpha value is -2.67. The Balaban J connectivity index is 1.63. The molecule has 7 heteroatoms. The van der Waals surface area contributed by atoms with Crippen LogP contribution in [-0.4, -0.2) is 29.0 Å². The molecule has 0 saturated heterocycles. The van der Waals surface area contributed by atoms with Crippen LogP contribution in [-0.2, 0) is 17.8 Å². The lowest BCUT2D eigenvalue weighted by atomic mass is 10.1. The summed E-state index contributed by atoms with van der Waals surface area (Å²) in [6.07, 6.45) is 1.67. The minimum Gasteiger partial charge on any atom is -0.493 e. The van der Waals surface area contributed by atoms with Gasteiger partial charge in [-0.15, -0.1) is 0 Å². The fourth-order valence-electron chi connectivity index (χ4n) is 2.82. The molecule has 2 heterocycles. The van der Waals surface area contributed by atoms with E-state index in [4.69, 9.17) is 18.5 Å². The third kappa shape index (κ3) is 4.29.